The zero-order valence-electron chi connectivity index (χ0n) is 15.9. The van der Waals surface area contributed by atoms with E-state index in [2.05, 4.69) is 25.4 Å². The quantitative estimate of drug-likeness (QED) is 0.531. The lowest BCUT2D eigenvalue weighted by Crippen LogP contribution is -2.12. The molecule has 0 bridgehead atoms. The Morgan fingerprint density at radius 1 is 1.23 bits per heavy atom. The second-order valence-electron chi connectivity index (χ2n) is 7.04. The zero-order chi connectivity index (χ0) is 20.7. The van der Waals surface area contributed by atoms with Crippen molar-refractivity contribution in [3.63, 3.8) is 0 Å². The number of amides is 1. The number of rotatable bonds is 5. The van der Waals surface area contributed by atoms with Crippen molar-refractivity contribution in [2.75, 3.05) is 5.32 Å². The molecule has 0 spiro atoms. The van der Waals surface area contributed by atoms with Gasteiger partial charge in [-0.3, -0.25) is 9.78 Å². The van der Waals surface area contributed by atoms with Crippen LogP contribution in [-0.4, -0.2) is 32.2 Å². The zero-order valence-corrected chi connectivity index (χ0v) is 15.9. The van der Waals surface area contributed by atoms with Gasteiger partial charge in [-0.05, 0) is 37.1 Å². The molecule has 150 valence electrons. The van der Waals surface area contributed by atoms with Crippen LogP contribution in [0.5, 0.6) is 0 Å². The smallest absolute Gasteiger partial charge is 0.293 e. The van der Waals surface area contributed by atoms with Crippen LogP contribution >= 0.6 is 0 Å². The first-order chi connectivity index (χ1) is 14.6. The Labute approximate surface area is 170 Å². The number of hydrogen-bond acceptors (Lipinski definition) is 7. The fraction of sp³-hybridized carbons (Fsp3) is 0.190. The van der Waals surface area contributed by atoms with Gasteiger partial charge in [0.15, 0.2) is 0 Å². The number of nitrogens with zero attached hydrogens (tertiary/aromatic N) is 4. The van der Waals surface area contributed by atoms with Crippen molar-refractivity contribution < 1.29 is 18.1 Å². The maximum atomic E-state index is 13.2. The first kappa shape index (κ1) is 18.2. The molecular formula is C21H16FN5O3. The summed E-state index contributed by atoms with van der Waals surface area (Å²) < 4.78 is 23.9. The van der Waals surface area contributed by atoms with Gasteiger partial charge in [-0.25, -0.2) is 9.37 Å². The summed E-state index contributed by atoms with van der Waals surface area (Å²) in [6.07, 6.45) is 2.47. The molecule has 0 radical (unpaired) electrons. The summed E-state index contributed by atoms with van der Waals surface area (Å²) in [6, 6.07) is 10.7. The second-order valence-corrected chi connectivity index (χ2v) is 7.04. The van der Waals surface area contributed by atoms with Gasteiger partial charge in [0.05, 0.1) is 12.1 Å². The molecule has 4 aromatic rings. The molecule has 3 heterocycles. The number of alkyl halides is 1. The topological polar surface area (TPSA) is 107 Å². The van der Waals surface area contributed by atoms with Gasteiger partial charge in [0.1, 0.15) is 11.9 Å². The fourth-order valence-corrected chi connectivity index (χ4v) is 2.99. The van der Waals surface area contributed by atoms with Crippen LogP contribution in [-0.2, 0) is 0 Å². The molecule has 1 amide bonds. The maximum absolute atomic E-state index is 13.2. The highest BCUT2D eigenvalue weighted by atomic mass is 19.1. The minimum Gasteiger partial charge on any atom is -0.429 e. The Kier molecular flexibility index (Phi) is 4.35. The number of carbonyl (C=O) groups is 1. The van der Waals surface area contributed by atoms with Gasteiger partial charge in [0.2, 0.25) is 23.4 Å². The molecule has 0 unspecified atom stereocenters. The minimum atomic E-state index is -0.913. The average molecular weight is 405 g/mol. The van der Waals surface area contributed by atoms with Crippen molar-refractivity contribution in [3.05, 3.63) is 66.0 Å². The van der Waals surface area contributed by atoms with Crippen LogP contribution in [0.2, 0.25) is 0 Å². The number of hydrogen-bond donors (Lipinski definition) is 1. The van der Waals surface area contributed by atoms with E-state index in [0.29, 0.717) is 35.1 Å². The minimum absolute atomic E-state index is 0.0602. The van der Waals surface area contributed by atoms with E-state index in [-0.39, 0.29) is 17.6 Å². The van der Waals surface area contributed by atoms with Crippen LogP contribution in [0.15, 0.2) is 57.7 Å². The van der Waals surface area contributed by atoms with E-state index < -0.39 is 12.1 Å². The van der Waals surface area contributed by atoms with E-state index in [1.807, 2.05) is 19.1 Å². The summed E-state index contributed by atoms with van der Waals surface area (Å²) in [7, 11) is 0. The summed E-state index contributed by atoms with van der Waals surface area (Å²) in [6.45, 7) is 1.86. The van der Waals surface area contributed by atoms with E-state index in [9.17, 15) is 9.18 Å². The molecule has 1 fully saturated rings. The number of aryl methyl sites for hydroxylation is 1. The fourth-order valence-electron chi connectivity index (χ4n) is 2.99. The Hall–Kier alpha value is -3.88. The van der Waals surface area contributed by atoms with E-state index in [0.717, 1.165) is 5.56 Å². The lowest BCUT2D eigenvalue weighted by molar-refractivity contribution is 0.0997. The van der Waals surface area contributed by atoms with Crippen LogP contribution < -0.4 is 5.32 Å². The largest absolute Gasteiger partial charge is 0.429 e. The van der Waals surface area contributed by atoms with E-state index >= 15 is 0 Å². The normalized spacial score (nSPS) is 17.7. The van der Waals surface area contributed by atoms with E-state index in [4.69, 9.17) is 8.94 Å². The highest BCUT2D eigenvalue weighted by Crippen LogP contribution is 2.43. The lowest BCUT2D eigenvalue weighted by atomic mass is 10.1. The highest BCUT2D eigenvalue weighted by molar-refractivity contribution is 6.03. The first-order valence-electron chi connectivity index (χ1n) is 9.36. The summed E-state index contributed by atoms with van der Waals surface area (Å²) in [5.41, 5.74) is 2.59. The Morgan fingerprint density at radius 2 is 2.10 bits per heavy atom. The number of nitrogens with one attached hydrogen (secondary N) is 1. The third-order valence-corrected chi connectivity index (χ3v) is 4.83. The second kappa shape index (κ2) is 7.18. The Morgan fingerprint density at radius 3 is 2.87 bits per heavy atom. The van der Waals surface area contributed by atoms with Crippen LogP contribution in [0.25, 0.3) is 23.0 Å². The van der Waals surface area contributed by atoms with Crippen molar-refractivity contribution in [1.29, 1.82) is 0 Å². The van der Waals surface area contributed by atoms with Gasteiger partial charge in [-0.2, -0.15) is 4.98 Å². The number of pyridine rings is 1. The van der Waals surface area contributed by atoms with Crippen LogP contribution in [0, 0.1) is 6.92 Å². The molecule has 1 aliphatic carbocycles. The van der Waals surface area contributed by atoms with Gasteiger partial charge < -0.3 is 14.3 Å². The summed E-state index contributed by atoms with van der Waals surface area (Å²) >= 11 is 0. The summed E-state index contributed by atoms with van der Waals surface area (Å²) in [4.78, 5) is 25.2. The molecule has 3 aromatic heterocycles. The molecule has 30 heavy (non-hydrogen) atoms. The van der Waals surface area contributed by atoms with E-state index in [1.54, 1.807) is 30.5 Å². The standard InChI is InChI=1S/C21H16FN5O3/c1-11-5-6-12(18-26-20(30-27-18)13-9-14(13)22)8-16(11)25-19(28)17-10-24-21(29-17)15-4-2-3-7-23-15/h2-8,10,13-14H,9H2,1H3,(H,25,28)/t13-,14-/m0/s1. The Balaban J connectivity index is 1.36. The van der Waals surface area contributed by atoms with Crippen molar-refractivity contribution >= 4 is 11.6 Å². The maximum Gasteiger partial charge on any atom is 0.293 e. The average Bonchev–Trinajstić information content (AvgIpc) is 3.17. The molecule has 0 aliphatic heterocycles. The van der Waals surface area contributed by atoms with Crippen molar-refractivity contribution in [3.8, 4) is 23.0 Å². The number of carbonyl (C=O) groups excluding carboxylic acids is 1. The van der Waals surface area contributed by atoms with Gasteiger partial charge in [0, 0.05) is 17.4 Å². The van der Waals surface area contributed by atoms with Gasteiger partial charge in [-0.1, -0.05) is 23.4 Å². The number of halogens is 1. The molecule has 9 heteroatoms. The molecule has 8 nitrogen and oxygen atoms in total. The van der Waals surface area contributed by atoms with Crippen molar-refractivity contribution in [1.82, 2.24) is 20.1 Å². The summed E-state index contributed by atoms with van der Waals surface area (Å²) in [5.74, 6) is 0.207. The third kappa shape index (κ3) is 3.45. The van der Waals surface area contributed by atoms with Gasteiger partial charge >= 0.3 is 0 Å². The first-order valence-corrected chi connectivity index (χ1v) is 9.36. The van der Waals surface area contributed by atoms with Gasteiger partial charge in [-0.15, -0.1) is 0 Å². The monoisotopic (exact) mass is 405 g/mol. The van der Waals surface area contributed by atoms with Crippen molar-refractivity contribution in [2.45, 2.75) is 25.4 Å². The number of benzene rings is 1. The molecule has 5 rings (SSSR count). The molecule has 1 aromatic carbocycles. The van der Waals surface area contributed by atoms with Gasteiger partial charge in [0.25, 0.3) is 5.91 Å². The highest BCUT2D eigenvalue weighted by Gasteiger charge is 2.43. The van der Waals surface area contributed by atoms with Crippen LogP contribution in [0.3, 0.4) is 0 Å². The SMILES string of the molecule is Cc1ccc(-c2noc([C@H]3C[C@@H]3F)n2)cc1NC(=O)c1cnc(-c2ccccn2)o1. The molecule has 1 aliphatic rings. The number of oxazole rings is 1. The summed E-state index contributed by atoms with van der Waals surface area (Å²) in [5, 5.41) is 6.74. The third-order valence-electron chi connectivity index (χ3n) is 4.83. The predicted molar refractivity (Wildman–Crippen MR) is 104 cm³/mol. The van der Waals surface area contributed by atoms with Crippen LogP contribution in [0.4, 0.5) is 10.1 Å². The van der Waals surface area contributed by atoms with Crippen LogP contribution in [0.1, 0.15) is 34.3 Å². The molecular weight excluding hydrogens is 389 g/mol. The predicted octanol–water partition coefficient (Wildman–Crippen LogP) is 4.17. The molecule has 1 saturated carbocycles. The molecule has 2 atom stereocenters. The Bertz CT molecular complexity index is 1220. The number of anilines is 1. The molecule has 0 saturated heterocycles. The molecule has 1 N–H and O–H groups in total. The van der Waals surface area contributed by atoms with Crippen molar-refractivity contribution in [2.24, 2.45) is 0 Å². The van der Waals surface area contributed by atoms with E-state index in [1.165, 1.54) is 6.20 Å². The lowest BCUT2D eigenvalue weighted by Gasteiger charge is -2.08. The number of aromatic nitrogens is 4.